The smallest absolute Gasteiger partial charge is 0.243 e. The van der Waals surface area contributed by atoms with Crippen LogP contribution in [-0.2, 0) is 14.8 Å². The van der Waals surface area contributed by atoms with E-state index in [2.05, 4.69) is 10.3 Å². The Morgan fingerprint density at radius 3 is 2.48 bits per heavy atom. The van der Waals surface area contributed by atoms with Crippen molar-refractivity contribution in [3.8, 4) is 5.75 Å². The number of nitrogens with zero attached hydrogens (tertiary/aromatic N) is 2. The molecule has 0 unspecified atom stereocenters. The topological polar surface area (TPSA) is 88.6 Å². The second kappa shape index (κ2) is 9.37. The fraction of sp³-hybridized carbons (Fsp3) is 0.429. The Labute approximate surface area is 172 Å². The maximum atomic E-state index is 12.9. The average molecular weight is 418 g/mol. The highest BCUT2D eigenvalue weighted by molar-refractivity contribution is 7.89. The van der Waals surface area contributed by atoms with E-state index in [0.29, 0.717) is 38.3 Å². The minimum Gasteiger partial charge on any atom is -0.494 e. The first-order valence-electron chi connectivity index (χ1n) is 9.86. The Morgan fingerprint density at radius 1 is 1.21 bits per heavy atom. The van der Waals surface area contributed by atoms with Gasteiger partial charge in [-0.2, -0.15) is 4.31 Å². The molecular weight excluding hydrogens is 390 g/mol. The van der Waals surface area contributed by atoms with Crippen molar-refractivity contribution in [3.05, 3.63) is 54.4 Å². The number of ether oxygens (including phenoxy) is 1. The lowest BCUT2D eigenvalue weighted by molar-refractivity contribution is -0.126. The van der Waals surface area contributed by atoms with Gasteiger partial charge in [-0.15, -0.1) is 0 Å². The summed E-state index contributed by atoms with van der Waals surface area (Å²) in [6.45, 7) is 4.95. The number of hydrogen-bond acceptors (Lipinski definition) is 5. The molecule has 0 bridgehead atoms. The summed E-state index contributed by atoms with van der Waals surface area (Å²) in [5, 5.41) is 2.99. The number of rotatable bonds is 7. The van der Waals surface area contributed by atoms with Gasteiger partial charge in [-0.1, -0.05) is 6.07 Å². The molecule has 1 saturated heterocycles. The fourth-order valence-electron chi connectivity index (χ4n) is 3.42. The molecule has 1 aliphatic rings. The molecule has 0 spiro atoms. The molecule has 1 atom stereocenters. The van der Waals surface area contributed by atoms with Crippen LogP contribution in [0, 0.1) is 5.92 Å². The van der Waals surface area contributed by atoms with Gasteiger partial charge in [0.2, 0.25) is 15.9 Å². The van der Waals surface area contributed by atoms with E-state index < -0.39 is 10.0 Å². The normalized spacial score (nSPS) is 16.9. The molecule has 0 saturated carbocycles. The van der Waals surface area contributed by atoms with E-state index in [0.717, 1.165) is 5.69 Å². The van der Waals surface area contributed by atoms with Crippen molar-refractivity contribution >= 4 is 15.9 Å². The van der Waals surface area contributed by atoms with Crippen molar-refractivity contribution in [2.45, 2.75) is 37.6 Å². The summed E-state index contributed by atoms with van der Waals surface area (Å²) in [5.41, 5.74) is 0.802. The summed E-state index contributed by atoms with van der Waals surface area (Å²) in [5.74, 6) is 0.387. The Hall–Kier alpha value is -2.45. The average Bonchev–Trinajstić information content (AvgIpc) is 2.75. The van der Waals surface area contributed by atoms with Crippen LogP contribution in [0.2, 0.25) is 0 Å². The predicted molar refractivity (Wildman–Crippen MR) is 110 cm³/mol. The molecule has 1 aliphatic heterocycles. The summed E-state index contributed by atoms with van der Waals surface area (Å²) in [6.07, 6.45) is 2.69. The van der Waals surface area contributed by atoms with Crippen LogP contribution in [0.5, 0.6) is 5.75 Å². The summed E-state index contributed by atoms with van der Waals surface area (Å²) >= 11 is 0. The van der Waals surface area contributed by atoms with Gasteiger partial charge in [-0.3, -0.25) is 9.78 Å². The van der Waals surface area contributed by atoms with E-state index in [9.17, 15) is 13.2 Å². The minimum absolute atomic E-state index is 0.0544. The van der Waals surface area contributed by atoms with Crippen LogP contribution in [0.3, 0.4) is 0 Å². The Morgan fingerprint density at radius 2 is 1.90 bits per heavy atom. The van der Waals surface area contributed by atoms with Gasteiger partial charge in [-0.05, 0) is 63.1 Å². The minimum atomic E-state index is -3.57. The maximum Gasteiger partial charge on any atom is 0.243 e. The SMILES string of the molecule is CCOc1ccc(S(=O)(=O)N2CCC(C(=O)N[C@H](C)c3ccccn3)CC2)cc1. The van der Waals surface area contributed by atoms with Crippen LogP contribution < -0.4 is 10.1 Å². The van der Waals surface area contributed by atoms with E-state index >= 15 is 0 Å². The molecule has 2 heterocycles. The highest BCUT2D eigenvalue weighted by atomic mass is 32.2. The zero-order chi connectivity index (χ0) is 20.9. The van der Waals surface area contributed by atoms with Crippen LogP contribution in [0.4, 0.5) is 0 Å². The van der Waals surface area contributed by atoms with Crippen molar-refractivity contribution in [2.24, 2.45) is 5.92 Å². The fourth-order valence-corrected chi connectivity index (χ4v) is 4.89. The summed E-state index contributed by atoms with van der Waals surface area (Å²) in [6, 6.07) is 11.9. The Kier molecular flexibility index (Phi) is 6.87. The lowest BCUT2D eigenvalue weighted by Crippen LogP contribution is -2.43. The first-order valence-corrected chi connectivity index (χ1v) is 11.3. The van der Waals surface area contributed by atoms with Crippen LogP contribution in [0.25, 0.3) is 0 Å². The standard InChI is InChI=1S/C21H27N3O4S/c1-3-28-18-7-9-19(10-8-18)29(26,27)24-14-11-17(12-15-24)21(25)23-16(2)20-6-4-5-13-22-20/h4-10,13,16-17H,3,11-12,14-15H2,1-2H3,(H,23,25)/t16-/m1/s1. The van der Waals surface area contributed by atoms with Crippen molar-refractivity contribution < 1.29 is 17.9 Å². The molecule has 29 heavy (non-hydrogen) atoms. The molecule has 1 N–H and O–H groups in total. The molecule has 0 aliphatic carbocycles. The predicted octanol–water partition coefficient (Wildman–Crippen LogP) is 2.76. The third-order valence-electron chi connectivity index (χ3n) is 5.09. The summed E-state index contributed by atoms with van der Waals surface area (Å²) < 4.78 is 32.6. The number of pyridine rings is 1. The van der Waals surface area contributed by atoms with Crippen molar-refractivity contribution in [3.63, 3.8) is 0 Å². The summed E-state index contributed by atoms with van der Waals surface area (Å²) in [4.78, 5) is 17.1. The molecule has 156 valence electrons. The zero-order valence-electron chi connectivity index (χ0n) is 16.7. The molecule has 1 fully saturated rings. The van der Waals surface area contributed by atoms with E-state index in [-0.39, 0.29) is 22.8 Å². The molecule has 8 heteroatoms. The lowest BCUT2D eigenvalue weighted by Gasteiger charge is -2.31. The summed E-state index contributed by atoms with van der Waals surface area (Å²) in [7, 11) is -3.57. The number of carbonyl (C=O) groups excluding carboxylic acids is 1. The first-order chi connectivity index (χ1) is 13.9. The number of sulfonamides is 1. The lowest BCUT2D eigenvalue weighted by atomic mass is 9.97. The van der Waals surface area contributed by atoms with Gasteiger partial charge in [0.05, 0.1) is 23.2 Å². The van der Waals surface area contributed by atoms with E-state index in [4.69, 9.17) is 4.74 Å². The van der Waals surface area contributed by atoms with E-state index in [1.165, 1.54) is 4.31 Å². The van der Waals surface area contributed by atoms with Crippen molar-refractivity contribution in [2.75, 3.05) is 19.7 Å². The molecule has 1 amide bonds. The third-order valence-corrected chi connectivity index (χ3v) is 7.00. The van der Waals surface area contributed by atoms with Gasteiger partial charge in [0.1, 0.15) is 5.75 Å². The molecule has 1 aromatic carbocycles. The molecule has 3 rings (SSSR count). The highest BCUT2D eigenvalue weighted by Gasteiger charge is 2.32. The van der Waals surface area contributed by atoms with Gasteiger partial charge >= 0.3 is 0 Å². The van der Waals surface area contributed by atoms with E-state index in [1.54, 1.807) is 30.5 Å². The molecule has 7 nitrogen and oxygen atoms in total. The zero-order valence-corrected chi connectivity index (χ0v) is 17.6. The van der Waals surface area contributed by atoms with Crippen LogP contribution >= 0.6 is 0 Å². The van der Waals surface area contributed by atoms with Gasteiger partial charge < -0.3 is 10.1 Å². The number of piperidine rings is 1. The van der Waals surface area contributed by atoms with Crippen LogP contribution in [0.15, 0.2) is 53.6 Å². The largest absolute Gasteiger partial charge is 0.494 e. The van der Waals surface area contributed by atoms with Gasteiger partial charge in [-0.25, -0.2) is 8.42 Å². The molecular formula is C21H27N3O4S. The van der Waals surface area contributed by atoms with Gasteiger partial charge in [0.25, 0.3) is 0 Å². The van der Waals surface area contributed by atoms with Crippen molar-refractivity contribution in [1.29, 1.82) is 0 Å². The quantitative estimate of drug-likeness (QED) is 0.748. The number of carbonyl (C=O) groups is 1. The van der Waals surface area contributed by atoms with Gasteiger partial charge in [0.15, 0.2) is 0 Å². The third kappa shape index (κ3) is 5.13. The Bertz CT molecular complexity index is 909. The second-order valence-corrected chi connectivity index (χ2v) is 9.01. The number of nitrogens with one attached hydrogen (secondary N) is 1. The molecule has 2 aromatic rings. The number of amides is 1. The number of hydrogen-bond donors (Lipinski definition) is 1. The second-order valence-electron chi connectivity index (χ2n) is 7.07. The number of aromatic nitrogens is 1. The van der Waals surface area contributed by atoms with Crippen LogP contribution in [-0.4, -0.2) is 43.3 Å². The first kappa shape index (κ1) is 21.3. The highest BCUT2D eigenvalue weighted by Crippen LogP contribution is 2.26. The number of benzene rings is 1. The Balaban J connectivity index is 1.57. The van der Waals surface area contributed by atoms with E-state index in [1.807, 2.05) is 32.0 Å². The van der Waals surface area contributed by atoms with Crippen LogP contribution in [0.1, 0.15) is 38.4 Å². The molecule has 0 radical (unpaired) electrons. The monoisotopic (exact) mass is 417 g/mol. The van der Waals surface area contributed by atoms with Crippen molar-refractivity contribution in [1.82, 2.24) is 14.6 Å². The van der Waals surface area contributed by atoms with Gasteiger partial charge in [0, 0.05) is 25.2 Å². The molecule has 1 aromatic heterocycles. The maximum absolute atomic E-state index is 12.9.